The lowest BCUT2D eigenvalue weighted by atomic mass is 10.4. The first-order valence-electron chi connectivity index (χ1n) is 5.83. The van der Waals surface area contributed by atoms with Crippen LogP contribution in [0, 0.1) is 0 Å². The van der Waals surface area contributed by atoms with Crippen LogP contribution in [0.25, 0.3) is 0 Å². The number of thiocarbonyl (C=S) groups is 1. The molecular weight excluding hydrogens is 206 g/mol. The molecule has 0 heterocycles. The van der Waals surface area contributed by atoms with Crippen molar-refractivity contribution in [2.45, 2.75) is 32.2 Å². The van der Waals surface area contributed by atoms with Gasteiger partial charge in [0, 0.05) is 25.7 Å². The highest BCUT2D eigenvalue weighted by Gasteiger charge is 2.23. The Hall–Kier alpha value is -0.350. The Kier molecular flexibility index (Phi) is 5.32. The highest BCUT2D eigenvalue weighted by molar-refractivity contribution is 7.80. The molecule has 1 saturated carbocycles. The molecule has 0 unspecified atom stereocenters. The molecular formula is C11H23N3S. The van der Waals surface area contributed by atoms with Gasteiger partial charge in [-0.05, 0) is 45.6 Å². The van der Waals surface area contributed by atoms with Crippen LogP contribution in [-0.4, -0.2) is 54.7 Å². The molecule has 0 bridgehead atoms. The molecule has 3 nitrogen and oxygen atoms in total. The number of rotatable bonds is 6. The summed E-state index contributed by atoms with van der Waals surface area (Å²) in [6.45, 7) is 5.35. The maximum atomic E-state index is 5.41. The fourth-order valence-electron chi connectivity index (χ4n) is 1.40. The maximum absolute atomic E-state index is 5.41. The largest absolute Gasteiger partial charge is 0.360 e. The Morgan fingerprint density at radius 3 is 2.40 bits per heavy atom. The Bertz CT molecular complexity index is 202. The van der Waals surface area contributed by atoms with Crippen LogP contribution in [-0.2, 0) is 0 Å². The molecule has 0 aromatic heterocycles. The molecule has 88 valence electrons. The number of hydrogen-bond acceptors (Lipinski definition) is 2. The van der Waals surface area contributed by atoms with Gasteiger partial charge in [-0.25, -0.2) is 0 Å². The first kappa shape index (κ1) is 12.7. The molecule has 1 aliphatic carbocycles. The van der Waals surface area contributed by atoms with Crippen molar-refractivity contribution in [3.8, 4) is 0 Å². The maximum Gasteiger partial charge on any atom is 0.169 e. The summed E-state index contributed by atoms with van der Waals surface area (Å²) in [5.74, 6) is 0. The molecule has 1 fully saturated rings. The third kappa shape index (κ3) is 5.33. The van der Waals surface area contributed by atoms with E-state index in [1.54, 1.807) is 0 Å². The Balaban J connectivity index is 2.29. The predicted octanol–water partition coefficient (Wildman–Crippen LogP) is 1.30. The van der Waals surface area contributed by atoms with E-state index in [-0.39, 0.29) is 0 Å². The SMILES string of the molecule is CCCN(CCN(C)C)C(=S)NC1CC1. The monoisotopic (exact) mass is 229 g/mol. The highest BCUT2D eigenvalue weighted by atomic mass is 32.1. The van der Waals surface area contributed by atoms with Crippen molar-refractivity contribution in [2.24, 2.45) is 0 Å². The molecule has 1 rings (SSSR count). The van der Waals surface area contributed by atoms with Gasteiger partial charge >= 0.3 is 0 Å². The van der Waals surface area contributed by atoms with Crippen molar-refractivity contribution in [3.63, 3.8) is 0 Å². The zero-order valence-electron chi connectivity index (χ0n) is 10.1. The quantitative estimate of drug-likeness (QED) is 0.692. The topological polar surface area (TPSA) is 18.5 Å². The third-order valence-corrected chi connectivity index (χ3v) is 2.88. The molecule has 0 saturated heterocycles. The second-order valence-electron chi connectivity index (χ2n) is 4.51. The van der Waals surface area contributed by atoms with E-state index in [0.717, 1.165) is 31.2 Å². The van der Waals surface area contributed by atoms with Gasteiger partial charge in [-0.15, -0.1) is 0 Å². The Morgan fingerprint density at radius 2 is 1.93 bits per heavy atom. The summed E-state index contributed by atoms with van der Waals surface area (Å²) in [6.07, 6.45) is 3.72. The molecule has 0 aromatic carbocycles. The minimum Gasteiger partial charge on any atom is -0.360 e. The zero-order chi connectivity index (χ0) is 11.3. The summed E-state index contributed by atoms with van der Waals surface area (Å²) in [5.41, 5.74) is 0. The minimum absolute atomic E-state index is 0.663. The van der Waals surface area contributed by atoms with Crippen LogP contribution < -0.4 is 5.32 Å². The molecule has 15 heavy (non-hydrogen) atoms. The molecule has 0 amide bonds. The van der Waals surface area contributed by atoms with Crippen LogP contribution in [0.3, 0.4) is 0 Å². The van der Waals surface area contributed by atoms with Gasteiger partial charge in [-0.1, -0.05) is 6.92 Å². The summed E-state index contributed by atoms with van der Waals surface area (Å²) in [6, 6.07) is 0.663. The number of nitrogens with zero attached hydrogens (tertiary/aromatic N) is 2. The van der Waals surface area contributed by atoms with Crippen LogP contribution >= 0.6 is 12.2 Å². The molecule has 0 spiro atoms. The average molecular weight is 229 g/mol. The molecule has 4 heteroatoms. The molecule has 0 aromatic rings. The lowest BCUT2D eigenvalue weighted by Crippen LogP contribution is -2.44. The van der Waals surface area contributed by atoms with Crippen molar-refractivity contribution in [2.75, 3.05) is 33.7 Å². The average Bonchev–Trinajstić information content (AvgIpc) is 2.95. The molecule has 0 radical (unpaired) electrons. The van der Waals surface area contributed by atoms with Crippen LogP contribution in [0.4, 0.5) is 0 Å². The summed E-state index contributed by atoms with van der Waals surface area (Å²) in [5, 5.41) is 4.35. The summed E-state index contributed by atoms with van der Waals surface area (Å²) >= 11 is 5.41. The zero-order valence-corrected chi connectivity index (χ0v) is 10.9. The Morgan fingerprint density at radius 1 is 1.27 bits per heavy atom. The third-order valence-electron chi connectivity index (χ3n) is 2.50. The van der Waals surface area contributed by atoms with Crippen LogP contribution in [0.2, 0.25) is 0 Å². The number of likely N-dealkylation sites (N-methyl/N-ethyl adjacent to an activating group) is 1. The van der Waals surface area contributed by atoms with Crippen LogP contribution in [0.15, 0.2) is 0 Å². The van der Waals surface area contributed by atoms with E-state index in [0.29, 0.717) is 6.04 Å². The number of hydrogen-bond donors (Lipinski definition) is 1. The van der Waals surface area contributed by atoms with E-state index in [1.165, 1.54) is 12.8 Å². The van der Waals surface area contributed by atoms with Gasteiger partial charge < -0.3 is 15.1 Å². The van der Waals surface area contributed by atoms with Gasteiger partial charge in [0.25, 0.3) is 0 Å². The summed E-state index contributed by atoms with van der Waals surface area (Å²) in [7, 11) is 4.20. The van der Waals surface area contributed by atoms with Crippen molar-refractivity contribution in [3.05, 3.63) is 0 Å². The fraction of sp³-hybridized carbons (Fsp3) is 0.909. The first-order valence-corrected chi connectivity index (χ1v) is 6.24. The van der Waals surface area contributed by atoms with E-state index in [4.69, 9.17) is 12.2 Å². The van der Waals surface area contributed by atoms with Crippen molar-refractivity contribution in [1.29, 1.82) is 0 Å². The highest BCUT2D eigenvalue weighted by Crippen LogP contribution is 2.18. The van der Waals surface area contributed by atoms with Gasteiger partial charge in [0.05, 0.1) is 0 Å². The second kappa shape index (κ2) is 6.28. The lowest BCUT2D eigenvalue weighted by molar-refractivity contribution is 0.326. The van der Waals surface area contributed by atoms with Gasteiger partial charge in [0.1, 0.15) is 0 Å². The van der Waals surface area contributed by atoms with Gasteiger partial charge in [0.2, 0.25) is 0 Å². The lowest BCUT2D eigenvalue weighted by Gasteiger charge is -2.26. The first-order chi connectivity index (χ1) is 7.13. The molecule has 1 aliphatic rings. The van der Waals surface area contributed by atoms with Crippen LogP contribution in [0.1, 0.15) is 26.2 Å². The molecule has 0 aliphatic heterocycles. The summed E-state index contributed by atoms with van der Waals surface area (Å²) in [4.78, 5) is 4.48. The van der Waals surface area contributed by atoms with Gasteiger partial charge in [-0.3, -0.25) is 0 Å². The minimum atomic E-state index is 0.663. The Labute approximate surface area is 98.8 Å². The molecule has 0 atom stereocenters. The standard InChI is InChI=1S/C11H23N3S/c1-4-7-14(9-8-13(2)3)11(15)12-10-5-6-10/h10H,4-9H2,1-3H3,(H,12,15). The summed E-state index contributed by atoms with van der Waals surface area (Å²) < 4.78 is 0. The van der Waals surface area contributed by atoms with Gasteiger partial charge in [-0.2, -0.15) is 0 Å². The molecule has 1 N–H and O–H groups in total. The normalized spacial score (nSPS) is 15.5. The van der Waals surface area contributed by atoms with Crippen molar-refractivity contribution in [1.82, 2.24) is 15.1 Å². The van der Waals surface area contributed by atoms with Crippen molar-refractivity contribution < 1.29 is 0 Å². The van der Waals surface area contributed by atoms with E-state index in [2.05, 4.69) is 36.1 Å². The van der Waals surface area contributed by atoms with Gasteiger partial charge in [0.15, 0.2) is 5.11 Å². The van der Waals surface area contributed by atoms with Crippen molar-refractivity contribution >= 4 is 17.3 Å². The smallest absolute Gasteiger partial charge is 0.169 e. The van der Waals surface area contributed by atoms with E-state index in [1.807, 2.05) is 0 Å². The van der Waals surface area contributed by atoms with Crippen LogP contribution in [0.5, 0.6) is 0 Å². The van der Waals surface area contributed by atoms with E-state index >= 15 is 0 Å². The van der Waals surface area contributed by atoms with E-state index < -0.39 is 0 Å². The second-order valence-corrected chi connectivity index (χ2v) is 4.90. The number of nitrogens with one attached hydrogen (secondary N) is 1. The fourth-order valence-corrected chi connectivity index (χ4v) is 1.75. The van der Waals surface area contributed by atoms with E-state index in [9.17, 15) is 0 Å². The predicted molar refractivity (Wildman–Crippen MR) is 69.2 cm³/mol.